The molecular weight excluding hydrogens is 298 g/mol. The second kappa shape index (κ2) is 7.11. The lowest BCUT2D eigenvalue weighted by Gasteiger charge is -2.25. The molecule has 1 aromatic carbocycles. The fourth-order valence-electron chi connectivity index (χ4n) is 3.27. The Morgan fingerprint density at radius 2 is 1.86 bits per heavy atom. The van der Waals surface area contributed by atoms with Crippen molar-refractivity contribution >= 4 is 9.84 Å². The Kier molecular flexibility index (Phi) is 5.64. The first-order valence-corrected chi connectivity index (χ1v) is 9.85. The molecule has 22 heavy (non-hydrogen) atoms. The maximum atomic E-state index is 11.5. The second-order valence-corrected chi connectivity index (χ2v) is 8.87. The van der Waals surface area contributed by atoms with E-state index in [9.17, 15) is 13.5 Å². The molecule has 4 nitrogen and oxygen atoms in total. The van der Waals surface area contributed by atoms with Crippen molar-refractivity contribution < 1.29 is 13.5 Å². The fraction of sp³-hybridized carbons (Fsp3) is 0.647. The van der Waals surface area contributed by atoms with Crippen molar-refractivity contribution in [2.45, 2.75) is 37.7 Å². The largest absolute Gasteiger partial charge is 0.387 e. The smallest absolute Gasteiger partial charge is 0.175 e. The molecule has 0 aromatic heterocycles. The maximum Gasteiger partial charge on any atom is 0.175 e. The van der Waals surface area contributed by atoms with Crippen LogP contribution in [0.1, 0.15) is 38.4 Å². The third-order valence-corrected chi connectivity index (χ3v) is 5.57. The van der Waals surface area contributed by atoms with Gasteiger partial charge in [-0.25, -0.2) is 8.42 Å². The first-order chi connectivity index (χ1) is 10.3. The van der Waals surface area contributed by atoms with Crippen molar-refractivity contribution in [3.63, 3.8) is 0 Å². The fourth-order valence-corrected chi connectivity index (χ4v) is 3.90. The molecule has 0 saturated carbocycles. The Hall–Kier alpha value is -0.910. The number of sulfone groups is 1. The number of β-amino-alcohol motifs (C(OH)–C–C–N with tert-alkyl or cyclic N) is 1. The molecule has 0 amide bonds. The summed E-state index contributed by atoms with van der Waals surface area (Å²) in [6, 6.07) is 6.57. The molecule has 1 aliphatic heterocycles. The molecule has 1 aromatic rings. The van der Waals surface area contributed by atoms with Gasteiger partial charge in [0.15, 0.2) is 9.84 Å². The van der Waals surface area contributed by atoms with Crippen LogP contribution in [0, 0.1) is 11.8 Å². The summed E-state index contributed by atoms with van der Waals surface area (Å²) < 4.78 is 22.9. The van der Waals surface area contributed by atoms with Crippen LogP contribution in [0.15, 0.2) is 29.2 Å². The topological polar surface area (TPSA) is 57.6 Å². The van der Waals surface area contributed by atoms with E-state index in [2.05, 4.69) is 18.7 Å². The van der Waals surface area contributed by atoms with Crippen LogP contribution in [0.2, 0.25) is 0 Å². The van der Waals surface area contributed by atoms with Crippen molar-refractivity contribution in [1.82, 2.24) is 4.90 Å². The predicted octanol–water partition coefficient (Wildman–Crippen LogP) is 2.49. The van der Waals surface area contributed by atoms with Crippen LogP contribution in [0.4, 0.5) is 0 Å². The van der Waals surface area contributed by atoms with Gasteiger partial charge in [0.2, 0.25) is 0 Å². The zero-order chi connectivity index (χ0) is 16.3. The maximum absolute atomic E-state index is 11.5. The van der Waals surface area contributed by atoms with Crippen LogP contribution >= 0.6 is 0 Å². The molecule has 2 rings (SSSR count). The van der Waals surface area contributed by atoms with Crippen molar-refractivity contribution in [3.8, 4) is 0 Å². The number of likely N-dealkylation sites (tertiary alicyclic amines) is 1. The van der Waals surface area contributed by atoms with E-state index in [0.717, 1.165) is 24.6 Å². The average Bonchev–Trinajstić information content (AvgIpc) is 2.58. The van der Waals surface area contributed by atoms with Gasteiger partial charge in [0.05, 0.1) is 11.0 Å². The minimum Gasteiger partial charge on any atom is -0.387 e. The molecule has 0 bridgehead atoms. The number of nitrogens with zero attached hydrogens (tertiary/aromatic N) is 1. The van der Waals surface area contributed by atoms with Crippen LogP contribution < -0.4 is 0 Å². The minimum absolute atomic E-state index is 0.292. The van der Waals surface area contributed by atoms with Crippen molar-refractivity contribution in [2.24, 2.45) is 11.8 Å². The lowest BCUT2D eigenvalue weighted by atomic mass is 9.97. The number of rotatable bonds is 4. The third-order valence-electron chi connectivity index (χ3n) is 4.44. The van der Waals surface area contributed by atoms with Gasteiger partial charge in [0, 0.05) is 19.3 Å². The molecule has 1 saturated heterocycles. The molecule has 0 spiro atoms. The molecule has 124 valence electrons. The highest BCUT2D eigenvalue weighted by Crippen LogP contribution is 2.24. The van der Waals surface area contributed by atoms with Crippen LogP contribution in [0.25, 0.3) is 0 Å². The van der Waals surface area contributed by atoms with Crippen LogP contribution in [0.3, 0.4) is 0 Å². The van der Waals surface area contributed by atoms with Crippen molar-refractivity contribution in [1.29, 1.82) is 0 Å². The number of aliphatic hydroxyl groups is 1. The number of benzene rings is 1. The Morgan fingerprint density at radius 1 is 1.23 bits per heavy atom. The quantitative estimate of drug-likeness (QED) is 0.924. The van der Waals surface area contributed by atoms with Gasteiger partial charge in [-0.1, -0.05) is 26.0 Å². The summed E-state index contributed by atoms with van der Waals surface area (Å²) in [5.74, 6) is 1.39. The van der Waals surface area contributed by atoms with E-state index in [0.29, 0.717) is 17.4 Å². The molecule has 1 aliphatic rings. The van der Waals surface area contributed by atoms with Gasteiger partial charge in [-0.2, -0.15) is 0 Å². The third kappa shape index (κ3) is 4.80. The van der Waals surface area contributed by atoms with Gasteiger partial charge in [-0.3, -0.25) is 0 Å². The average molecular weight is 325 g/mol. The van der Waals surface area contributed by atoms with E-state index in [1.807, 2.05) is 0 Å². The van der Waals surface area contributed by atoms with Crippen LogP contribution in [-0.2, 0) is 9.84 Å². The Balaban J connectivity index is 2.01. The van der Waals surface area contributed by atoms with Gasteiger partial charge < -0.3 is 10.0 Å². The number of hydrogen-bond acceptors (Lipinski definition) is 4. The highest BCUT2D eigenvalue weighted by Gasteiger charge is 2.21. The minimum atomic E-state index is -3.18. The van der Waals surface area contributed by atoms with E-state index in [1.165, 1.54) is 19.1 Å². The second-order valence-electron chi connectivity index (χ2n) is 6.85. The van der Waals surface area contributed by atoms with Gasteiger partial charge in [0.25, 0.3) is 0 Å². The molecular formula is C17H27NO3S. The highest BCUT2D eigenvalue weighted by molar-refractivity contribution is 7.90. The molecule has 5 heteroatoms. The summed E-state index contributed by atoms with van der Waals surface area (Å²) in [5.41, 5.74) is 0.775. The van der Waals surface area contributed by atoms with Gasteiger partial charge >= 0.3 is 0 Å². The molecule has 1 heterocycles. The predicted molar refractivity (Wildman–Crippen MR) is 88.5 cm³/mol. The SMILES string of the molecule is CC1CCN(CC(O)c2ccc(S(C)(=O)=O)cc2)CC(C)C1. The van der Waals surface area contributed by atoms with E-state index >= 15 is 0 Å². The molecule has 3 atom stereocenters. The lowest BCUT2D eigenvalue weighted by Crippen LogP contribution is -2.32. The zero-order valence-corrected chi connectivity index (χ0v) is 14.5. The van der Waals surface area contributed by atoms with E-state index in [1.54, 1.807) is 24.3 Å². The summed E-state index contributed by atoms with van der Waals surface area (Å²) in [4.78, 5) is 2.62. The molecule has 0 aliphatic carbocycles. The highest BCUT2D eigenvalue weighted by atomic mass is 32.2. The first kappa shape index (κ1) is 17.4. The summed E-state index contributed by atoms with van der Waals surface area (Å²) in [7, 11) is -3.18. The van der Waals surface area contributed by atoms with Crippen molar-refractivity contribution in [2.75, 3.05) is 25.9 Å². The Morgan fingerprint density at radius 3 is 2.45 bits per heavy atom. The number of hydrogen-bond donors (Lipinski definition) is 1. The van der Waals surface area contributed by atoms with Crippen molar-refractivity contribution in [3.05, 3.63) is 29.8 Å². The number of aliphatic hydroxyl groups excluding tert-OH is 1. The summed E-state index contributed by atoms with van der Waals surface area (Å²) in [6.07, 6.45) is 3.03. The van der Waals surface area contributed by atoms with Gasteiger partial charge in [-0.15, -0.1) is 0 Å². The van der Waals surface area contributed by atoms with E-state index in [-0.39, 0.29) is 0 Å². The van der Waals surface area contributed by atoms with Crippen LogP contribution in [0.5, 0.6) is 0 Å². The molecule has 1 fully saturated rings. The normalized spacial score (nSPS) is 25.6. The zero-order valence-electron chi connectivity index (χ0n) is 13.7. The first-order valence-electron chi connectivity index (χ1n) is 7.96. The van der Waals surface area contributed by atoms with Crippen LogP contribution in [-0.4, -0.2) is 44.3 Å². The molecule has 3 unspecified atom stereocenters. The Bertz CT molecular complexity index is 582. The summed E-state index contributed by atoms with van der Waals surface area (Å²) >= 11 is 0. The summed E-state index contributed by atoms with van der Waals surface area (Å²) in [6.45, 7) is 7.20. The Labute approximate surface area is 134 Å². The van der Waals surface area contributed by atoms with E-state index in [4.69, 9.17) is 0 Å². The van der Waals surface area contributed by atoms with E-state index < -0.39 is 15.9 Å². The molecule has 0 radical (unpaired) electrons. The molecule has 1 N–H and O–H groups in total. The lowest BCUT2D eigenvalue weighted by molar-refractivity contribution is 0.109. The van der Waals surface area contributed by atoms with Gasteiger partial charge in [0.1, 0.15) is 0 Å². The van der Waals surface area contributed by atoms with Gasteiger partial charge in [-0.05, 0) is 48.9 Å². The monoisotopic (exact) mass is 325 g/mol. The summed E-state index contributed by atoms with van der Waals surface area (Å²) in [5, 5.41) is 10.4. The standard InChI is InChI=1S/C17H27NO3S/c1-13-8-9-18(11-14(2)10-13)12-17(19)15-4-6-16(7-5-15)22(3,20)21/h4-7,13-14,17,19H,8-12H2,1-3H3.